The fourth-order valence-electron chi connectivity index (χ4n) is 2.15. The van der Waals surface area contributed by atoms with Crippen LogP contribution in [0.15, 0.2) is 42.7 Å². The number of hydrogen-bond donors (Lipinski definition) is 1. The lowest BCUT2D eigenvalue weighted by Crippen LogP contribution is -2.32. The van der Waals surface area contributed by atoms with E-state index in [-0.39, 0.29) is 6.10 Å². The molecule has 0 bridgehead atoms. The molecule has 2 aromatic rings. The summed E-state index contributed by atoms with van der Waals surface area (Å²) in [7, 11) is 0. The van der Waals surface area contributed by atoms with Crippen LogP contribution in [-0.2, 0) is 0 Å². The minimum atomic E-state index is -0.157. The van der Waals surface area contributed by atoms with Crippen molar-refractivity contribution in [2.45, 2.75) is 18.9 Å². The molecule has 1 aromatic heterocycles. The fourth-order valence-corrected chi connectivity index (χ4v) is 2.15. The zero-order valence-corrected chi connectivity index (χ0v) is 11.6. The third-order valence-corrected chi connectivity index (χ3v) is 3.41. The van der Waals surface area contributed by atoms with Crippen LogP contribution in [-0.4, -0.2) is 27.8 Å². The number of nitrogens with zero attached hydrogens (tertiary/aromatic N) is 2. The zero-order valence-electron chi connectivity index (χ0n) is 11.6. The lowest BCUT2D eigenvalue weighted by atomic mass is 9.83. The highest BCUT2D eigenvalue weighted by Crippen LogP contribution is 2.27. The van der Waals surface area contributed by atoms with Gasteiger partial charge in [0, 0.05) is 18.0 Å². The van der Waals surface area contributed by atoms with Crippen molar-refractivity contribution in [3.05, 3.63) is 53.9 Å². The lowest BCUT2D eigenvalue weighted by Gasteiger charge is -2.30. The van der Waals surface area contributed by atoms with Gasteiger partial charge in [-0.2, -0.15) is 0 Å². The van der Waals surface area contributed by atoms with Crippen molar-refractivity contribution in [1.29, 1.82) is 0 Å². The van der Waals surface area contributed by atoms with Crippen LogP contribution in [0.4, 0.5) is 0 Å². The molecular formula is C17H16N2O2. The van der Waals surface area contributed by atoms with E-state index in [0.717, 1.165) is 24.0 Å². The summed E-state index contributed by atoms with van der Waals surface area (Å²) in [6, 6.07) is 10.1. The summed E-state index contributed by atoms with van der Waals surface area (Å²) in [5, 5.41) is 9.20. The Morgan fingerprint density at radius 2 is 1.71 bits per heavy atom. The first-order chi connectivity index (χ1) is 10.3. The highest BCUT2D eigenvalue weighted by molar-refractivity contribution is 5.40. The van der Waals surface area contributed by atoms with Crippen molar-refractivity contribution in [2.75, 3.05) is 6.61 Å². The molecule has 0 amide bonds. The summed E-state index contributed by atoms with van der Waals surface area (Å²) in [5.74, 6) is 6.49. The van der Waals surface area contributed by atoms with Crippen molar-refractivity contribution in [1.82, 2.24) is 9.97 Å². The van der Waals surface area contributed by atoms with Gasteiger partial charge in [-0.25, -0.2) is 9.97 Å². The van der Waals surface area contributed by atoms with E-state index in [1.165, 1.54) is 0 Å². The number of rotatable bonds is 3. The Hall–Kier alpha value is -2.38. The maximum Gasteiger partial charge on any atom is 0.316 e. The van der Waals surface area contributed by atoms with Gasteiger partial charge in [0.15, 0.2) is 0 Å². The maximum absolute atomic E-state index is 9.20. The van der Waals surface area contributed by atoms with Crippen LogP contribution in [0.2, 0.25) is 0 Å². The lowest BCUT2D eigenvalue weighted by molar-refractivity contribution is 0.0185. The third-order valence-electron chi connectivity index (χ3n) is 3.41. The topological polar surface area (TPSA) is 55.2 Å². The van der Waals surface area contributed by atoms with Crippen molar-refractivity contribution >= 4 is 0 Å². The molecule has 0 atom stereocenters. The smallest absolute Gasteiger partial charge is 0.316 e. The Morgan fingerprint density at radius 1 is 1.05 bits per heavy atom. The summed E-state index contributed by atoms with van der Waals surface area (Å²) in [5.41, 5.74) is 1.71. The Morgan fingerprint density at radius 3 is 2.38 bits per heavy atom. The molecule has 1 aliphatic carbocycles. The number of aromatic nitrogens is 2. The van der Waals surface area contributed by atoms with Crippen LogP contribution in [0.5, 0.6) is 6.01 Å². The molecule has 1 N–H and O–H groups in total. The van der Waals surface area contributed by atoms with E-state index in [4.69, 9.17) is 4.74 Å². The number of ether oxygens (including phenoxy) is 1. The first-order valence-electron chi connectivity index (χ1n) is 6.99. The van der Waals surface area contributed by atoms with Crippen molar-refractivity contribution in [2.24, 2.45) is 5.92 Å². The SMILES string of the molecule is O[C@H]1C[C@H](COc2ncc(C#Cc3ccccc3)cn2)C1. The average molecular weight is 280 g/mol. The highest BCUT2D eigenvalue weighted by atomic mass is 16.5. The largest absolute Gasteiger partial charge is 0.463 e. The van der Waals surface area contributed by atoms with Gasteiger partial charge < -0.3 is 9.84 Å². The van der Waals surface area contributed by atoms with Crippen LogP contribution in [0, 0.1) is 17.8 Å². The second-order valence-corrected chi connectivity index (χ2v) is 5.17. The Balaban J connectivity index is 1.55. The number of aliphatic hydroxyl groups is 1. The van der Waals surface area contributed by atoms with Crippen LogP contribution in [0.25, 0.3) is 0 Å². The summed E-state index contributed by atoms with van der Waals surface area (Å²) >= 11 is 0. The molecule has 0 saturated heterocycles. The van der Waals surface area contributed by atoms with Crippen molar-refractivity contribution in [3.8, 4) is 17.9 Å². The van der Waals surface area contributed by atoms with E-state index < -0.39 is 0 Å². The molecule has 0 aliphatic heterocycles. The molecule has 0 unspecified atom stereocenters. The van der Waals surface area contributed by atoms with Crippen molar-refractivity contribution < 1.29 is 9.84 Å². The molecule has 1 aromatic carbocycles. The van der Waals surface area contributed by atoms with Crippen LogP contribution < -0.4 is 4.74 Å². The second kappa shape index (κ2) is 6.38. The van der Waals surface area contributed by atoms with Crippen LogP contribution >= 0.6 is 0 Å². The normalized spacial score (nSPS) is 20.0. The molecule has 1 saturated carbocycles. The van der Waals surface area contributed by atoms with E-state index in [1.54, 1.807) is 12.4 Å². The predicted octanol–water partition coefficient (Wildman–Crippen LogP) is 2.03. The predicted molar refractivity (Wildman–Crippen MR) is 78.7 cm³/mol. The molecule has 4 nitrogen and oxygen atoms in total. The Bertz CT molecular complexity index is 638. The Kier molecular flexibility index (Phi) is 4.13. The van der Waals surface area contributed by atoms with Crippen molar-refractivity contribution in [3.63, 3.8) is 0 Å². The van der Waals surface area contributed by atoms with Gasteiger partial charge in [-0.15, -0.1) is 0 Å². The molecule has 4 heteroatoms. The molecular weight excluding hydrogens is 264 g/mol. The number of hydrogen-bond acceptors (Lipinski definition) is 4. The molecule has 0 spiro atoms. The molecule has 1 fully saturated rings. The number of aliphatic hydroxyl groups excluding tert-OH is 1. The monoisotopic (exact) mass is 280 g/mol. The highest BCUT2D eigenvalue weighted by Gasteiger charge is 2.27. The van der Waals surface area contributed by atoms with Crippen LogP contribution in [0.1, 0.15) is 24.0 Å². The van der Waals surface area contributed by atoms with Gasteiger partial charge in [0.1, 0.15) is 0 Å². The fraction of sp³-hybridized carbons (Fsp3) is 0.294. The standard InChI is InChI=1S/C17H16N2O2/c20-16-8-15(9-16)12-21-17-18-10-14(11-19-17)7-6-13-4-2-1-3-5-13/h1-5,10-11,15-16,20H,8-9,12H2/t15-,16-. The maximum atomic E-state index is 9.20. The van der Waals surface area contributed by atoms with Gasteiger partial charge in [-0.3, -0.25) is 0 Å². The van der Waals surface area contributed by atoms with E-state index in [0.29, 0.717) is 18.5 Å². The summed E-state index contributed by atoms with van der Waals surface area (Å²) < 4.78 is 5.49. The van der Waals surface area contributed by atoms with E-state index >= 15 is 0 Å². The molecule has 0 radical (unpaired) electrons. The van der Waals surface area contributed by atoms with E-state index in [9.17, 15) is 5.11 Å². The molecule has 1 aliphatic rings. The molecule has 21 heavy (non-hydrogen) atoms. The van der Waals surface area contributed by atoms with Gasteiger partial charge in [0.2, 0.25) is 0 Å². The molecule has 3 rings (SSSR count). The quantitative estimate of drug-likeness (QED) is 0.874. The zero-order chi connectivity index (χ0) is 14.5. The van der Waals surface area contributed by atoms with Gasteiger partial charge >= 0.3 is 6.01 Å². The Labute approximate surface area is 123 Å². The third kappa shape index (κ3) is 3.80. The minimum Gasteiger partial charge on any atom is -0.463 e. The van der Waals surface area contributed by atoms with E-state index in [2.05, 4.69) is 21.8 Å². The second-order valence-electron chi connectivity index (χ2n) is 5.17. The van der Waals surface area contributed by atoms with E-state index in [1.807, 2.05) is 30.3 Å². The minimum absolute atomic E-state index is 0.157. The van der Waals surface area contributed by atoms with Gasteiger partial charge in [0.25, 0.3) is 0 Å². The first-order valence-corrected chi connectivity index (χ1v) is 6.99. The average Bonchev–Trinajstić information content (AvgIpc) is 2.50. The summed E-state index contributed by atoms with van der Waals surface area (Å²) in [6.45, 7) is 0.562. The van der Waals surface area contributed by atoms with Crippen LogP contribution in [0.3, 0.4) is 0 Å². The summed E-state index contributed by atoms with van der Waals surface area (Å²) in [4.78, 5) is 8.28. The van der Waals surface area contributed by atoms with Gasteiger partial charge in [-0.05, 0) is 30.9 Å². The first kappa shape index (κ1) is 13.6. The molecule has 106 valence electrons. The number of benzene rings is 1. The molecule has 1 heterocycles. The van der Waals surface area contributed by atoms with Gasteiger partial charge in [-0.1, -0.05) is 30.0 Å². The summed E-state index contributed by atoms with van der Waals surface area (Å²) in [6.07, 6.45) is 4.78. The van der Waals surface area contributed by atoms with Gasteiger partial charge in [0.05, 0.1) is 18.3 Å².